The molecule has 0 fully saturated rings. The van der Waals surface area contributed by atoms with Gasteiger partial charge in [-0.1, -0.05) is 6.07 Å². The number of aryl methyl sites for hydroxylation is 2. The van der Waals surface area contributed by atoms with E-state index in [2.05, 4.69) is 5.32 Å². The predicted octanol–water partition coefficient (Wildman–Crippen LogP) is 2.59. The Morgan fingerprint density at radius 3 is 2.46 bits per heavy atom. The van der Waals surface area contributed by atoms with Gasteiger partial charge in [0.05, 0.1) is 6.10 Å². The zero-order valence-electron chi connectivity index (χ0n) is 16.1. The van der Waals surface area contributed by atoms with E-state index >= 15 is 0 Å². The van der Waals surface area contributed by atoms with Crippen LogP contribution in [0.25, 0.3) is 11.0 Å². The molecule has 5 nitrogen and oxygen atoms in total. The van der Waals surface area contributed by atoms with E-state index in [0.29, 0.717) is 12.0 Å². The maximum absolute atomic E-state index is 12.3. The van der Waals surface area contributed by atoms with Crippen LogP contribution in [0.5, 0.6) is 0 Å². The molecule has 1 heterocycles. The number of nitrogens with one attached hydrogen (secondary N) is 1. The van der Waals surface area contributed by atoms with E-state index < -0.39 is 12.3 Å². The van der Waals surface area contributed by atoms with Crippen LogP contribution in [0.1, 0.15) is 55.9 Å². The summed E-state index contributed by atoms with van der Waals surface area (Å²) in [4.78, 5) is 12.3. The zero-order valence-corrected chi connectivity index (χ0v) is 16.1. The molecule has 1 aromatic heterocycles. The van der Waals surface area contributed by atoms with Gasteiger partial charge in [0.15, 0.2) is 0 Å². The summed E-state index contributed by atoms with van der Waals surface area (Å²) in [7, 11) is 0. The topological polar surface area (TPSA) is 82.7 Å². The van der Waals surface area contributed by atoms with E-state index in [1.54, 1.807) is 0 Å². The molecular weight excluding hydrogens is 330 g/mol. The fourth-order valence-corrected chi connectivity index (χ4v) is 3.85. The summed E-state index contributed by atoms with van der Waals surface area (Å²) in [6.07, 6.45) is 1.96. The van der Waals surface area contributed by atoms with Crippen LogP contribution < -0.4 is 10.9 Å². The Morgan fingerprint density at radius 2 is 1.81 bits per heavy atom. The molecular formula is C21H29NO4. The third-order valence-corrected chi connectivity index (χ3v) is 4.92. The van der Waals surface area contributed by atoms with Crippen molar-refractivity contribution in [1.82, 2.24) is 5.32 Å². The number of aliphatic hydroxyl groups excluding tert-OH is 2. The van der Waals surface area contributed by atoms with E-state index in [9.17, 15) is 15.0 Å². The third kappa shape index (κ3) is 4.00. The van der Waals surface area contributed by atoms with Crippen molar-refractivity contribution >= 4 is 11.0 Å². The van der Waals surface area contributed by atoms with E-state index in [0.717, 1.165) is 53.3 Å². The van der Waals surface area contributed by atoms with E-state index in [1.165, 1.54) is 0 Å². The normalized spacial score (nSPS) is 17.2. The molecule has 3 rings (SSSR count). The van der Waals surface area contributed by atoms with Crippen molar-refractivity contribution in [3.8, 4) is 0 Å². The second-order valence-corrected chi connectivity index (χ2v) is 8.46. The molecule has 0 saturated heterocycles. The predicted molar refractivity (Wildman–Crippen MR) is 102 cm³/mol. The Hall–Kier alpha value is -1.69. The Labute approximate surface area is 154 Å². The molecule has 5 heteroatoms. The average Bonchev–Trinajstić information content (AvgIpc) is 2.52. The number of aliphatic hydroxyl groups is 2. The molecule has 1 aliphatic carbocycles. The molecule has 0 saturated carbocycles. The molecule has 0 amide bonds. The number of fused-ring (bicyclic) bond motifs is 3. The van der Waals surface area contributed by atoms with Crippen LogP contribution in [0, 0.1) is 6.92 Å². The fourth-order valence-electron chi connectivity index (χ4n) is 3.85. The van der Waals surface area contributed by atoms with Gasteiger partial charge in [-0.25, -0.2) is 4.79 Å². The summed E-state index contributed by atoms with van der Waals surface area (Å²) in [5.41, 5.74) is 3.76. The second kappa shape index (κ2) is 7.14. The van der Waals surface area contributed by atoms with Crippen molar-refractivity contribution < 1.29 is 14.6 Å². The van der Waals surface area contributed by atoms with Crippen molar-refractivity contribution in [3.63, 3.8) is 0 Å². The zero-order chi connectivity index (χ0) is 19.1. The van der Waals surface area contributed by atoms with Crippen LogP contribution in [0.15, 0.2) is 21.3 Å². The summed E-state index contributed by atoms with van der Waals surface area (Å²) in [5.74, 6) is 0. The summed E-state index contributed by atoms with van der Waals surface area (Å²) < 4.78 is 5.59. The number of hydrogen-bond acceptors (Lipinski definition) is 5. The van der Waals surface area contributed by atoms with Crippen LogP contribution in [0.4, 0.5) is 0 Å². The molecule has 3 N–H and O–H groups in total. The Kier molecular flexibility index (Phi) is 5.24. The lowest BCUT2D eigenvalue weighted by Crippen LogP contribution is -2.50. The molecule has 2 aromatic rings. The Morgan fingerprint density at radius 1 is 1.15 bits per heavy atom. The minimum absolute atomic E-state index is 0.237. The summed E-state index contributed by atoms with van der Waals surface area (Å²) >= 11 is 0. The van der Waals surface area contributed by atoms with Crippen molar-refractivity contribution in [2.75, 3.05) is 0 Å². The van der Waals surface area contributed by atoms with Gasteiger partial charge in [-0.2, -0.15) is 0 Å². The van der Waals surface area contributed by atoms with Gasteiger partial charge in [0, 0.05) is 22.9 Å². The van der Waals surface area contributed by atoms with Crippen LogP contribution in [0.2, 0.25) is 0 Å². The lowest BCUT2D eigenvalue weighted by molar-refractivity contribution is -0.0153. The standard InChI is InChI=1S/C21H29NO4/c1-12-9-13(11-16(23)19(24)22-21(2,3)4)18-14-7-5-6-8-15(14)20(25)26-17(18)10-12/h9-10,16,19,22-24H,5-8,11H2,1-4H3. The third-order valence-electron chi connectivity index (χ3n) is 4.92. The van der Waals surface area contributed by atoms with Crippen molar-refractivity contribution in [2.45, 2.75) is 77.7 Å². The van der Waals surface area contributed by atoms with Gasteiger partial charge in [-0.3, -0.25) is 5.32 Å². The summed E-state index contributed by atoms with van der Waals surface area (Å²) in [5, 5.41) is 24.8. The molecule has 1 aliphatic rings. The molecule has 26 heavy (non-hydrogen) atoms. The molecule has 0 spiro atoms. The van der Waals surface area contributed by atoms with Crippen molar-refractivity contribution in [1.29, 1.82) is 0 Å². The SMILES string of the molecule is Cc1cc(CC(O)C(O)NC(C)(C)C)c2c3c(c(=O)oc2c1)CCCC3. The van der Waals surface area contributed by atoms with Crippen LogP contribution >= 0.6 is 0 Å². The number of hydrogen-bond donors (Lipinski definition) is 3. The first-order valence-corrected chi connectivity index (χ1v) is 9.37. The Balaban J connectivity index is 2.04. The molecule has 142 valence electrons. The summed E-state index contributed by atoms with van der Waals surface area (Å²) in [6.45, 7) is 7.76. The first-order valence-electron chi connectivity index (χ1n) is 9.37. The Bertz CT molecular complexity index is 863. The first kappa shape index (κ1) is 19.1. The minimum Gasteiger partial charge on any atom is -0.422 e. The number of rotatable bonds is 4. The fraction of sp³-hybridized carbons (Fsp3) is 0.571. The van der Waals surface area contributed by atoms with Crippen LogP contribution in [-0.2, 0) is 19.3 Å². The monoisotopic (exact) mass is 359 g/mol. The van der Waals surface area contributed by atoms with Gasteiger partial charge in [0.2, 0.25) is 0 Å². The highest BCUT2D eigenvalue weighted by Gasteiger charge is 2.25. The highest BCUT2D eigenvalue weighted by Crippen LogP contribution is 2.31. The maximum Gasteiger partial charge on any atom is 0.339 e. The lowest BCUT2D eigenvalue weighted by Gasteiger charge is -2.28. The quantitative estimate of drug-likeness (QED) is 0.577. The van der Waals surface area contributed by atoms with Gasteiger partial charge in [-0.15, -0.1) is 0 Å². The largest absolute Gasteiger partial charge is 0.422 e. The van der Waals surface area contributed by atoms with Gasteiger partial charge >= 0.3 is 5.63 Å². The molecule has 0 aliphatic heterocycles. The molecule has 0 radical (unpaired) electrons. The maximum atomic E-state index is 12.3. The molecule has 2 unspecified atom stereocenters. The highest BCUT2D eigenvalue weighted by molar-refractivity contribution is 5.86. The van der Waals surface area contributed by atoms with Crippen molar-refractivity contribution in [2.24, 2.45) is 0 Å². The van der Waals surface area contributed by atoms with Gasteiger partial charge < -0.3 is 14.6 Å². The first-order chi connectivity index (χ1) is 12.2. The highest BCUT2D eigenvalue weighted by atomic mass is 16.4. The van der Waals surface area contributed by atoms with E-state index in [4.69, 9.17) is 4.42 Å². The minimum atomic E-state index is -1.03. The average molecular weight is 359 g/mol. The smallest absolute Gasteiger partial charge is 0.339 e. The second-order valence-electron chi connectivity index (χ2n) is 8.46. The van der Waals surface area contributed by atoms with Gasteiger partial charge in [0.25, 0.3) is 0 Å². The summed E-state index contributed by atoms with van der Waals surface area (Å²) in [6, 6.07) is 3.90. The van der Waals surface area contributed by atoms with Gasteiger partial charge in [0.1, 0.15) is 11.8 Å². The van der Waals surface area contributed by atoms with Crippen molar-refractivity contribution in [3.05, 3.63) is 44.8 Å². The lowest BCUT2D eigenvalue weighted by atomic mass is 9.87. The molecule has 1 aromatic carbocycles. The van der Waals surface area contributed by atoms with Crippen LogP contribution in [0.3, 0.4) is 0 Å². The van der Waals surface area contributed by atoms with Crippen LogP contribution in [-0.4, -0.2) is 28.1 Å². The van der Waals surface area contributed by atoms with Gasteiger partial charge in [-0.05, 0) is 76.1 Å². The molecule has 0 bridgehead atoms. The van der Waals surface area contributed by atoms with E-state index in [-0.39, 0.29) is 11.2 Å². The van der Waals surface area contributed by atoms with E-state index in [1.807, 2.05) is 39.8 Å². The number of benzene rings is 1. The molecule has 2 atom stereocenters.